The number of carboxylic acid groups (broad SMARTS) is 1. The van der Waals surface area contributed by atoms with Gasteiger partial charge in [0.15, 0.2) is 0 Å². The average Bonchev–Trinajstić information content (AvgIpc) is 2.45. The van der Waals surface area contributed by atoms with Crippen LogP contribution in [0.25, 0.3) is 0 Å². The monoisotopic (exact) mass is 271 g/mol. The molecule has 0 heterocycles. The van der Waals surface area contributed by atoms with Gasteiger partial charge in [-0.2, -0.15) is 0 Å². The number of nitrogens with one attached hydrogen (secondary N) is 1. The molecule has 104 valence electrons. The zero-order chi connectivity index (χ0) is 14.4. The highest BCUT2D eigenvalue weighted by molar-refractivity contribution is 5.68. The lowest BCUT2D eigenvalue weighted by atomic mass is 10.0. The van der Waals surface area contributed by atoms with Gasteiger partial charge < -0.3 is 15.5 Å². The highest BCUT2D eigenvalue weighted by atomic mass is 16.4. The SMILES string of the molecule is O=C(O)C[C@H](NCc1ccccc1)c1ccccc1O. The fourth-order valence-electron chi connectivity index (χ4n) is 2.09. The molecule has 0 aliphatic carbocycles. The molecule has 0 aliphatic rings. The van der Waals surface area contributed by atoms with Crippen molar-refractivity contribution >= 4 is 5.97 Å². The molecule has 20 heavy (non-hydrogen) atoms. The Hall–Kier alpha value is -2.33. The predicted octanol–water partition coefficient (Wildman–Crippen LogP) is 2.70. The van der Waals surface area contributed by atoms with Gasteiger partial charge in [0.2, 0.25) is 0 Å². The molecule has 0 saturated heterocycles. The normalized spacial score (nSPS) is 12.0. The summed E-state index contributed by atoms with van der Waals surface area (Å²) in [4.78, 5) is 11.0. The summed E-state index contributed by atoms with van der Waals surface area (Å²) in [7, 11) is 0. The average molecular weight is 271 g/mol. The van der Waals surface area contributed by atoms with E-state index < -0.39 is 12.0 Å². The highest BCUT2D eigenvalue weighted by Gasteiger charge is 2.17. The van der Waals surface area contributed by atoms with Gasteiger partial charge in [-0.1, -0.05) is 48.5 Å². The minimum Gasteiger partial charge on any atom is -0.508 e. The molecule has 0 unspecified atom stereocenters. The third-order valence-corrected chi connectivity index (χ3v) is 3.09. The summed E-state index contributed by atoms with van der Waals surface area (Å²) in [5, 5.41) is 22.1. The Morgan fingerprint density at radius 2 is 1.70 bits per heavy atom. The lowest BCUT2D eigenvalue weighted by Crippen LogP contribution is -2.23. The number of carbonyl (C=O) groups is 1. The van der Waals surface area contributed by atoms with E-state index in [1.54, 1.807) is 24.3 Å². The van der Waals surface area contributed by atoms with Gasteiger partial charge in [-0.3, -0.25) is 4.79 Å². The first kappa shape index (κ1) is 14.1. The lowest BCUT2D eigenvalue weighted by molar-refractivity contribution is -0.137. The van der Waals surface area contributed by atoms with Crippen LogP contribution in [0.5, 0.6) is 5.75 Å². The van der Waals surface area contributed by atoms with Crippen LogP contribution in [0.1, 0.15) is 23.6 Å². The van der Waals surface area contributed by atoms with E-state index in [1.807, 2.05) is 30.3 Å². The smallest absolute Gasteiger partial charge is 0.305 e. The number of carboxylic acids is 1. The lowest BCUT2D eigenvalue weighted by Gasteiger charge is -2.18. The first-order valence-electron chi connectivity index (χ1n) is 6.44. The summed E-state index contributed by atoms with van der Waals surface area (Å²) in [6.07, 6.45) is -0.0790. The van der Waals surface area contributed by atoms with Crippen molar-refractivity contribution in [1.82, 2.24) is 5.32 Å². The second-order valence-corrected chi connectivity index (χ2v) is 4.58. The van der Waals surface area contributed by atoms with Crippen molar-refractivity contribution in [1.29, 1.82) is 0 Å². The number of hydrogen-bond acceptors (Lipinski definition) is 3. The van der Waals surface area contributed by atoms with Crippen LogP contribution in [0, 0.1) is 0 Å². The van der Waals surface area contributed by atoms with Crippen LogP contribution in [-0.2, 0) is 11.3 Å². The third-order valence-electron chi connectivity index (χ3n) is 3.09. The van der Waals surface area contributed by atoms with Crippen LogP contribution in [0.3, 0.4) is 0 Å². The van der Waals surface area contributed by atoms with E-state index in [0.29, 0.717) is 12.1 Å². The largest absolute Gasteiger partial charge is 0.508 e. The molecular formula is C16H17NO3. The molecule has 0 spiro atoms. The molecule has 0 aliphatic heterocycles. The Bertz CT molecular complexity index is 569. The molecule has 0 amide bonds. The minimum atomic E-state index is -0.904. The molecule has 4 heteroatoms. The zero-order valence-electron chi connectivity index (χ0n) is 11.0. The van der Waals surface area contributed by atoms with E-state index in [4.69, 9.17) is 5.11 Å². The predicted molar refractivity (Wildman–Crippen MR) is 76.4 cm³/mol. The molecule has 2 aromatic rings. The van der Waals surface area contributed by atoms with Crippen LogP contribution < -0.4 is 5.32 Å². The summed E-state index contributed by atoms with van der Waals surface area (Å²) >= 11 is 0. The number of aromatic hydroxyl groups is 1. The molecule has 2 rings (SSSR count). The van der Waals surface area contributed by atoms with E-state index in [9.17, 15) is 9.90 Å². The Morgan fingerprint density at radius 1 is 1.05 bits per heavy atom. The quantitative estimate of drug-likeness (QED) is 0.755. The van der Waals surface area contributed by atoms with Crippen molar-refractivity contribution in [2.75, 3.05) is 0 Å². The topological polar surface area (TPSA) is 69.6 Å². The molecule has 2 aromatic carbocycles. The number of para-hydroxylation sites is 1. The van der Waals surface area contributed by atoms with Crippen LogP contribution in [0.4, 0.5) is 0 Å². The van der Waals surface area contributed by atoms with Gasteiger partial charge in [-0.25, -0.2) is 0 Å². The molecule has 0 saturated carbocycles. The molecule has 0 radical (unpaired) electrons. The van der Waals surface area contributed by atoms with Crippen LogP contribution in [-0.4, -0.2) is 16.2 Å². The summed E-state index contributed by atoms with van der Waals surface area (Å²) in [5.41, 5.74) is 1.67. The van der Waals surface area contributed by atoms with Crippen molar-refractivity contribution in [3.8, 4) is 5.75 Å². The van der Waals surface area contributed by atoms with Crippen LogP contribution in [0.2, 0.25) is 0 Å². The maximum Gasteiger partial charge on any atom is 0.305 e. The van der Waals surface area contributed by atoms with Gasteiger partial charge in [0, 0.05) is 18.2 Å². The van der Waals surface area contributed by atoms with E-state index in [0.717, 1.165) is 5.56 Å². The Morgan fingerprint density at radius 3 is 2.35 bits per heavy atom. The number of phenols is 1. The van der Waals surface area contributed by atoms with E-state index in [-0.39, 0.29) is 12.2 Å². The van der Waals surface area contributed by atoms with Crippen molar-refractivity contribution in [3.63, 3.8) is 0 Å². The summed E-state index contributed by atoms with van der Waals surface area (Å²) in [6, 6.07) is 16.1. The number of hydrogen-bond donors (Lipinski definition) is 3. The second kappa shape index (κ2) is 6.73. The van der Waals surface area contributed by atoms with Gasteiger partial charge in [-0.05, 0) is 11.6 Å². The molecule has 1 atom stereocenters. The summed E-state index contributed by atoms with van der Waals surface area (Å²) in [6.45, 7) is 0.549. The van der Waals surface area contributed by atoms with Gasteiger partial charge in [0.05, 0.1) is 6.42 Å². The van der Waals surface area contributed by atoms with Crippen molar-refractivity contribution in [2.24, 2.45) is 0 Å². The minimum absolute atomic E-state index is 0.0790. The second-order valence-electron chi connectivity index (χ2n) is 4.58. The van der Waals surface area contributed by atoms with Crippen LogP contribution in [0.15, 0.2) is 54.6 Å². The molecule has 0 fully saturated rings. The van der Waals surface area contributed by atoms with E-state index in [1.165, 1.54) is 0 Å². The third kappa shape index (κ3) is 3.83. The van der Waals surface area contributed by atoms with Crippen molar-refractivity contribution in [3.05, 3.63) is 65.7 Å². The molecular weight excluding hydrogens is 254 g/mol. The molecule has 3 N–H and O–H groups in total. The van der Waals surface area contributed by atoms with E-state index in [2.05, 4.69) is 5.32 Å². The number of phenolic OH excluding ortho intramolecular Hbond substituents is 1. The van der Waals surface area contributed by atoms with Crippen molar-refractivity contribution < 1.29 is 15.0 Å². The molecule has 0 bridgehead atoms. The van der Waals surface area contributed by atoms with Gasteiger partial charge >= 0.3 is 5.97 Å². The highest BCUT2D eigenvalue weighted by Crippen LogP contribution is 2.26. The van der Waals surface area contributed by atoms with Gasteiger partial charge in [0.1, 0.15) is 5.75 Å². The fourth-order valence-corrected chi connectivity index (χ4v) is 2.09. The standard InChI is InChI=1S/C16H17NO3/c18-15-9-5-4-8-13(15)14(10-16(19)20)17-11-12-6-2-1-3-7-12/h1-9,14,17-18H,10-11H2,(H,19,20)/t14-/m0/s1. The Kier molecular flexibility index (Phi) is 4.74. The molecule has 4 nitrogen and oxygen atoms in total. The van der Waals surface area contributed by atoms with Crippen molar-refractivity contribution in [2.45, 2.75) is 19.0 Å². The maximum atomic E-state index is 11.0. The van der Waals surface area contributed by atoms with Gasteiger partial charge in [-0.15, -0.1) is 0 Å². The fraction of sp³-hybridized carbons (Fsp3) is 0.188. The number of benzene rings is 2. The molecule has 0 aromatic heterocycles. The first-order chi connectivity index (χ1) is 9.66. The summed E-state index contributed by atoms with van der Waals surface area (Å²) in [5.74, 6) is -0.793. The van der Waals surface area contributed by atoms with E-state index >= 15 is 0 Å². The maximum absolute atomic E-state index is 11.0. The Labute approximate surface area is 117 Å². The first-order valence-corrected chi connectivity index (χ1v) is 6.44. The summed E-state index contributed by atoms with van der Waals surface area (Å²) < 4.78 is 0. The van der Waals surface area contributed by atoms with Crippen LogP contribution >= 0.6 is 0 Å². The number of rotatable bonds is 6. The Balaban J connectivity index is 2.12. The number of aliphatic carboxylic acids is 1. The van der Waals surface area contributed by atoms with Gasteiger partial charge in [0.25, 0.3) is 0 Å². The zero-order valence-corrected chi connectivity index (χ0v) is 11.0.